The maximum Gasteiger partial charge on any atom is 0.105 e. The van der Waals surface area contributed by atoms with E-state index in [1.165, 1.54) is 6.92 Å². The predicted molar refractivity (Wildman–Crippen MR) is 23.0 cm³/mol. The largest absolute Gasteiger partial charge is 0.394 e. The van der Waals surface area contributed by atoms with Gasteiger partial charge in [-0.05, 0) is 6.92 Å². The molecule has 0 unspecified atom stereocenters. The number of rotatable bonds is 3. The smallest absolute Gasteiger partial charge is 0.105 e. The minimum Gasteiger partial charge on any atom is -0.394 e. The minimum absolute atomic E-state index is 0.252. The molecule has 0 aliphatic heterocycles. The lowest BCUT2D eigenvalue weighted by Crippen LogP contribution is -2.24. The molecule has 0 aliphatic rings. The van der Waals surface area contributed by atoms with E-state index in [0.29, 0.717) is 0 Å². The summed E-state index contributed by atoms with van der Waals surface area (Å²) in [6.07, 6.45) is -0.593. The second kappa shape index (κ2) is 3.76. The lowest BCUT2D eigenvalue weighted by molar-refractivity contribution is -0.504. The summed E-state index contributed by atoms with van der Waals surface area (Å²) in [6, 6.07) is 0. The Labute approximate surface area is 46.6 Å². The Hall–Kier alpha value is -0.200. The molecule has 0 aromatic heterocycles. The van der Waals surface area contributed by atoms with Gasteiger partial charge in [-0.2, -0.15) is 0 Å². The van der Waals surface area contributed by atoms with Gasteiger partial charge in [0.2, 0.25) is 0 Å². The van der Waals surface area contributed by atoms with Crippen molar-refractivity contribution in [3.63, 3.8) is 0 Å². The van der Waals surface area contributed by atoms with Gasteiger partial charge in [0.05, 0.1) is 12.0 Å². The standard InChI is InChI=1S/C3H9NO4/c1-3(2-5)8-4(6)7/h3,5-7H,2H2,1H3/t3-/m1/s1. The third-order valence-corrected chi connectivity index (χ3v) is 0.531. The van der Waals surface area contributed by atoms with Crippen LogP contribution in [0.15, 0.2) is 0 Å². The van der Waals surface area contributed by atoms with Crippen LogP contribution >= 0.6 is 0 Å². The zero-order chi connectivity index (χ0) is 6.57. The molecule has 1 atom stereocenters. The molecule has 0 spiro atoms. The normalized spacial score (nSPS) is 14.6. The van der Waals surface area contributed by atoms with Gasteiger partial charge in [-0.25, -0.2) is 4.84 Å². The van der Waals surface area contributed by atoms with Crippen LogP contribution in [0.4, 0.5) is 0 Å². The maximum absolute atomic E-state index is 8.21. The molecule has 50 valence electrons. The first kappa shape index (κ1) is 7.80. The molecule has 0 bridgehead atoms. The summed E-state index contributed by atoms with van der Waals surface area (Å²) in [7, 11) is 0. The molecule has 3 N–H and O–H groups in total. The highest BCUT2D eigenvalue weighted by atomic mass is 17.1. The van der Waals surface area contributed by atoms with E-state index in [1.807, 2.05) is 0 Å². The molecule has 0 rings (SSSR count). The summed E-state index contributed by atoms with van der Waals surface area (Å²) in [6.45, 7) is 1.23. The second-order valence-corrected chi connectivity index (χ2v) is 1.35. The van der Waals surface area contributed by atoms with Crippen molar-refractivity contribution in [2.24, 2.45) is 0 Å². The van der Waals surface area contributed by atoms with Crippen LogP contribution in [0.5, 0.6) is 0 Å². The molecular weight excluding hydrogens is 114 g/mol. The average molecular weight is 123 g/mol. The number of hydrogen-bond acceptors (Lipinski definition) is 5. The quantitative estimate of drug-likeness (QED) is 0.436. The van der Waals surface area contributed by atoms with Gasteiger partial charge in [0.25, 0.3) is 0 Å². The zero-order valence-electron chi connectivity index (χ0n) is 4.48. The van der Waals surface area contributed by atoms with Gasteiger partial charge in [-0.1, -0.05) is 0 Å². The highest BCUT2D eigenvalue weighted by Crippen LogP contribution is 1.87. The lowest BCUT2D eigenvalue weighted by atomic mass is 10.5. The van der Waals surface area contributed by atoms with Gasteiger partial charge in [-0.15, -0.1) is 0 Å². The van der Waals surface area contributed by atoms with Crippen molar-refractivity contribution in [3.8, 4) is 0 Å². The first-order valence-corrected chi connectivity index (χ1v) is 2.12. The molecule has 0 saturated heterocycles. The third kappa shape index (κ3) is 3.97. The fraction of sp³-hybridized carbons (Fsp3) is 1.00. The lowest BCUT2D eigenvalue weighted by Gasteiger charge is -2.10. The van der Waals surface area contributed by atoms with Crippen LogP contribution in [0.2, 0.25) is 0 Å². The molecule has 0 aromatic rings. The molecular formula is C3H9NO4. The Kier molecular flexibility index (Phi) is 3.67. The highest BCUT2D eigenvalue weighted by molar-refractivity contribution is 4.37. The first-order chi connectivity index (χ1) is 3.66. The van der Waals surface area contributed by atoms with Crippen molar-refractivity contribution >= 4 is 0 Å². The van der Waals surface area contributed by atoms with Crippen LogP contribution < -0.4 is 0 Å². The number of aliphatic hydroxyl groups is 1. The molecule has 0 saturated carbocycles. The predicted octanol–water partition coefficient (Wildman–Crippen LogP) is -0.621. The van der Waals surface area contributed by atoms with E-state index < -0.39 is 11.5 Å². The fourth-order valence-corrected chi connectivity index (χ4v) is 0.194. The van der Waals surface area contributed by atoms with Crippen molar-refractivity contribution in [1.82, 2.24) is 5.39 Å². The van der Waals surface area contributed by atoms with Crippen LogP contribution in [-0.2, 0) is 4.84 Å². The minimum atomic E-state index is -0.593. The van der Waals surface area contributed by atoms with E-state index >= 15 is 0 Å². The zero-order valence-corrected chi connectivity index (χ0v) is 4.48. The van der Waals surface area contributed by atoms with Gasteiger partial charge in [0.15, 0.2) is 0 Å². The van der Waals surface area contributed by atoms with E-state index in [-0.39, 0.29) is 6.61 Å². The van der Waals surface area contributed by atoms with Gasteiger partial charge in [-0.3, -0.25) is 10.4 Å². The molecule has 0 amide bonds. The van der Waals surface area contributed by atoms with E-state index in [0.717, 1.165) is 0 Å². The number of hydrogen-bond donors (Lipinski definition) is 3. The third-order valence-electron chi connectivity index (χ3n) is 0.531. The fourth-order valence-electron chi connectivity index (χ4n) is 0.194. The molecule has 0 fully saturated rings. The molecule has 0 heterocycles. The van der Waals surface area contributed by atoms with Crippen molar-refractivity contribution in [3.05, 3.63) is 0 Å². The topological polar surface area (TPSA) is 73.2 Å². The van der Waals surface area contributed by atoms with Crippen LogP contribution in [0.3, 0.4) is 0 Å². The summed E-state index contributed by atoms with van der Waals surface area (Å²) < 4.78 is 0. The summed E-state index contributed by atoms with van der Waals surface area (Å²) in [5.41, 5.74) is 0. The van der Waals surface area contributed by atoms with Crippen molar-refractivity contribution in [2.75, 3.05) is 6.61 Å². The van der Waals surface area contributed by atoms with Crippen LogP contribution in [-0.4, -0.2) is 33.6 Å². The van der Waals surface area contributed by atoms with Gasteiger partial charge >= 0.3 is 0 Å². The highest BCUT2D eigenvalue weighted by Gasteiger charge is 2.01. The van der Waals surface area contributed by atoms with Crippen molar-refractivity contribution in [1.29, 1.82) is 0 Å². The van der Waals surface area contributed by atoms with Gasteiger partial charge in [0, 0.05) is 0 Å². The van der Waals surface area contributed by atoms with Crippen molar-refractivity contribution in [2.45, 2.75) is 13.0 Å². The molecule has 0 aromatic carbocycles. The SMILES string of the molecule is C[C@H](CO)ON(O)O. The monoisotopic (exact) mass is 123 g/mol. The molecule has 5 heteroatoms. The molecule has 8 heavy (non-hydrogen) atoms. The first-order valence-electron chi connectivity index (χ1n) is 2.12. The molecule has 0 radical (unpaired) electrons. The Balaban J connectivity index is 3.10. The van der Waals surface area contributed by atoms with E-state index in [4.69, 9.17) is 15.5 Å². The van der Waals surface area contributed by atoms with Crippen molar-refractivity contribution < 1.29 is 20.4 Å². The maximum atomic E-state index is 8.21. The van der Waals surface area contributed by atoms with Gasteiger partial charge in [0.1, 0.15) is 6.10 Å². The van der Waals surface area contributed by atoms with Crippen LogP contribution in [0, 0.1) is 0 Å². The Morgan fingerprint density at radius 1 is 1.62 bits per heavy atom. The number of aliphatic hydroxyl groups excluding tert-OH is 1. The Morgan fingerprint density at radius 3 is 2.25 bits per heavy atom. The average Bonchev–Trinajstić information content (AvgIpc) is 1.65. The van der Waals surface area contributed by atoms with Crippen LogP contribution in [0.25, 0.3) is 0 Å². The van der Waals surface area contributed by atoms with Crippen LogP contribution in [0.1, 0.15) is 6.92 Å². The summed E-state index contributed by atoms with van der Waals surface area (Å²) in [4.78, 5) is 4.09. The van der Waals surface area contributed by atoms with E-state index in [2.05, 4.69) is 4.84 Å². The van der Waals surface area contributed by atoms with E-state index in [1.54, 1.807) is 0 Å². The summed E-state index contributed by atoms with van der Waals surface area (Å²) in [5, 5.41) is 23.6. The summed E-state index contributed by atoms with van der Waals surface area (Å²) >= 11 is 0. The number of nitrogens with zero attached hydrogens (tertiary/aromatic N) is 1. The summed E-state index contributed by atoms with van der Waals surface area (Å²) in [5.74, 6) is 0. The van der Waals surface area contributed by atoms with E-state index in [9.17, 15) is 0 Å². The molecule has 5 nitrogen and oxygen atoms in total. The van der Waals surface area contributed by atoms with Gasteiger partial charge < -0.3 is 5.11 Å². The second-order valence-electron chi connectivity index (χ2n) is 1.35. The Bertz CT molecular complexity index is 57.2. The molecule has 0 aliphatic carbocycles. The Morgan fingerprint density at radius 2 is 2.12 bits per heavy atom.